The molecule has 7 nitrogen and oxygen atoms in total. The number of rotatable bonds is 4. The third-order valence-electron chi connectivity index (χ3n) is 8.06. The minimum Gasteiger partial charge on any atom is -0.455 e. The van der Waals surface area contributed by atoms with Gasteiger partial charge in [0, 0.05) is 17.7 Å². The first-order valence-electron chi connectivity index (χ1n) is 13.4. The Labute approximate surface area is 223 Å². The smallest absolute Gasteiger partial charge is 0.309 e. The standard InChI is InChI=1S/C28H42FNO6S/c1-7-9-19-25(33)16(2)10-8-11-28(6)23(36-28)13-21(20(29)12-18-15-37-17(3)30-18)35-24(32)14-22(31)27(4,5)26(19)34/h12,15-16,19,21-23,25,31,33H,7-11,13-14H2,1-6H3/b20-12-/t16-,19+,21-,22-,23-,25-,28+/m0/s1. The number of hydrogen-bond acceptors (Lipinski definition) is 8. The minimum absolute atomic E-state index is 0.123. The lowest BCUT2D eigenvalue weighted by Crippen LogP contribution is -2.46. The van der Waals surface area contributed by atoms with Crippen LogP contribution >= 0.6 is 11.3 Å². The minimum atomic E-state index is -1.35. The van der Waals surface area contributed by atoms with Crippen LogP contribution in [0.15, 0.2) is 11.2 Å². The summed E-state index contributed by atoms with van der Waals surface area (Å²) in [6, 6.07) is 0. The highest BCUT2D eigenvalue weighted by molar-refractivity contribution is 7.09. The maximum absolute atomic E-state index is 15.4. The summed E-state index contributed by atoms with van der Waals surface area (Å²) in [5.41, 5.74) is -1.31. The number of thiazole rings is 1. The number of esters is 1. The number of aromatic nitrogens is 1. The van der Waals surface area contributed by atoms with Crippen LogP contribution in [-0.2, 0) is 19.1 Å². The van der Waals surface area contributed by atoms with Crippen LogP contribution in [-0.4, -0.2) is 57.0 Å². The average Bonchev–Trinajstić information content (AvgIpc) is 3.27. The summed E-state index contributed by atoms with van der Waals surface area (Å²) >= 11 is 1.39. The van der Waals surface area contributed by atoms with Gasteiger partial charge in [-0.2, -0.15) is 0 Å². The van der Waals surface area contributed by atoms with Gasteiger partial charge in [0.1, 0.15) is 11.6 Å². The number of epoxide rings is 1. The first kappa shape index (κ1) is 29.9. The molecule has 0 aromatic carbocycles. The number of Topliss-reactive ketones (excluding diaryl/α,β-unsaturated/α-hetero) is 1. The molecule has 1 aromatic heterocycles. The van der Waals surface area contributed by atoms with Gasteiger partial charge in [-0.1, -0.05) is 40.5 Å². The molecule has 0 amide bonds. The zero-order valence-corrected chi connectivity index (χ0v) is 23.6. The van der Waals surface area contributed by atoms with Crippen molar-refractivity contribution in [2.75, 3.05) is 0 Å². The van der Waals surface area contributed by atoms with Crippen molar-refractivity contribution in [3.8, 4) is 0 Å². The van der Waals surface area contributed by atoms with Crippen molar-refractivity contribution < 1.29 is 33.7 Å². The van der Waals surface area contributed by atoms with E-state index in [1.165, 1.54) is 17.4 Å². The number of carbonyl (C=O) groups is 2. The van der Waals surface area contributed by atoms with E-state index in [1.54, 1.807) is 19.2 Å². The van der Waals surface area contributed by atoms with Crippen LogP contribution in [0.4, 0.5) is 4.39 Å². The third-order valence-corrected chi connectivity index (χ3v) is 8.85. The lowest BCUT2D eigenvalue weighted by atomic mass is 9.71. The van der Waals surface area contributed by atoms with Crippen LogP contribution in [0.2, 0.25) is 0 Å². The zero-order chi connectivity index (χ0) is 27.5. The Balaban J connectivity index is 1.88. The molecule has 0 unspecified atom stereocenters. The maximum Gasteiger partial charge on any atom is 0.309 e. The molecule has 1 aromatic rings. The number of cyclic esters (lactones) is 1. The Morgan fingerprint density at radius 2 is 2.00 bits per heavy atom. The van der Waals surface area contributed by atoms with Crippen molar-refractivity contribution in [3.05, 3.63) is 21.9 Å². The summed E-state index contributed by atoms with van der Waals surface area (Å²) in [7, 11) is 0. The highest BCUT2D eigenvalue weighted by atomic mass is 32.1. The first-order valence-corrected chi connectivity index (χ1v) is 14.2. The van der Waals surface area contributed by atoms with Crippen LogP contribution in [0.3, 0.4) is 0 Å². The van der Waals surface area contributed by atoms with Gasteiger partial charge in [0.05, 0.1) is 46.5 Å². The van der Waals surface area contributed by atoms with Crippen molar-refractivity contribution in [1.82, 2.24) is 4.98 Å². The third kappa shape index (κ3) is 7.25. The molecule has 3 rings (SSSR count). The van der Waals surface area contributed by atoms with Crippen molar-refractivity contribution in [3.63, 3.8) is 0 Å². The molecule has 2 saturated heterocycles. The summed E-state index contributed by atoms with van der Waals surface area (Å²) in [6.45, 7) is 10.8. The molecule has 0 bridgehead atoms. The van der Waals surface area contributed by atoms with Gasteiger partial charge in [0.25, 0.3) is 0 Å². The molecule has 2 N–H and O–H groups in total. The number of aryl methyl sites for hydroxylation is 1. The molecular formula is C28H42FNO6S. The molecule has 2 aliphatic heterocycles. The number of ketones is 1. The SMILES string of the molecule is CCC[C@H]1C(=O)C(C)(C)[C@@H](O)CC(=O)O[C@H](/C(F)=C/c2csc(C)n2)C[C@@H]2O[C@]2(C)CCC[C@H](C)[C@@H]1O. The fourth-order valence-electron chi connectivity index (χ4n) is 5.27. The second-order valence-corrected chi connectivity index (χ2v) is 12.6. The molecule has 3 heterocycles. The molecule has 37 heavy (non-hydrogen) atoms. The summed E-state index contributed by atoms with van der Waals surface area (Å²) in [5.74, 6) is -2.49. The van der Waals surface area contributed by atoms with Gasteiger partial charge in [0.2, 0.25) is 0 Å². The number of aliphatic hydroxyl groups is 2. The Morgan fingerprint density at radius 3 is 2.62 bits per heavy atom. The van der Waals surface area contributed by atoms with E-state index in [2.05, 4.69) is 4.98 Å². The van der Waals surface area contributed by atoms with E-state index in [0.29, 0.717) is 31.4 Å². The van der Waals surface area contributed by atoms with E-state index >= 15 is 4.39 Å². The average molecular weight is 540 g/mol. The second-order valence-electron chi connectivity index (χ2n) is 11.5. The van der Waals surface area contributed by atoms with Crippen LogP contribution in [0, 0.1) is 24.2 Å². The van der Waals surface area contributed by atoms with E-state index in [9.17, 15) is 19.8 Å². The monoisotopic (exact) mass is 539 g/mol. The topological polar surface area (TPSA) is 109 Å². The van der Waals surface area contributed by atoms with Gasteiger partial charge < -0.3 is 19.7 Å². The normalized spacial score (nSPS) is 36.1. The highest BCUT2D eigenvalue weighted by Crippen LogP contribution is 2.45. The lowest BCUT2D eigenvalue weighted by Gasteiger charge is -2.36. The number of nitrogens with zero attached hydrogens (tertiary/aromatic N) is 1. The number of fused-ring (bicyclic) bond motifs is 1. The second kappa shape index (κ2) is 12.0. The van der Waals surface area contributed by atoms with Gasteiger partial charge in [-0.15, -0.1) is 11.3 Å². The summed E-state index contributed by atoms with van der Waals surface area (Å²) in [5, 5.41) is 24.6. The molecule has 0 spiro atoms. The highest BCUT2D eigenvalue weighted by Gasteiger charge is 2.53. The van der Waals surface area contributed by atoms with E-state index < -0.39 is 53.5 Å². The Bertz CT molecular complexity index is 993. The number of aliphatic hydroxyl groups excluding tert-OH is 2. The van der Waals surface area contributed by atoms with Crippen molar-refractivity contribution >= 4 is 29.2 Å². The lowest BCUT2D eigenvalue weighted by molar-refractivity contribution is -0.155. The quantitative estimate of drug-likeness (QED) is 0.402. The van der Waals surface area contributed by atoms with E-state index in [-0.39, 0.29) is 24.2 Å². The zero-order valence-electron chi connectivity index (χ0n) is 22.8. The predicted molar refractivity (Wildman–Crippen MR) is 141 cm³/mol. The largest absolute Gasteiger partial charge is 0.455 e. The Kier molecular flexibility index (Phi) is 9.70. The van der Waals surface area contributed by atoms with Gasteiger partial charge in [-0.05, 0) is 45.1 Å². The van der Waals surface area contributed by atoms with E-state index in [4.69, 9.17) is 9.47 Å². The predicted octanol–water partition coefficient (Wildman–Crippen LogP) is 5.16. The molecule has 2 aliphatic rings. The molecule has 0 saturated carbocycles. The number of hydrogen-bond donors (Lipinski definition) is 2. The summed E-state index contributed by atoms with van der Waals surface area (Å²) < 4.78 is 26.8. The molecule has 0 aliphatic carbocycles. The van der Waals surface area contributed by atoms with Crippen molar-refractivity contribution in [1.29, 1.82) is 0 Å². The van der Waals surface area contributed by atoms with Gasteiger partial charge >= 0.3 is 5.97 Å². The summed E-state index contributed by atoms with van der Waals surface area (Å²) in [4.78, 5) is 30.7. The first-order chi connectivity index (χ1) is 17.3. The molecule has 208 valence electrons. The van der Waals surface area contributed by atoms with Crippen LogP contribution in [0.5, 0.6) is 0 Å². The number of halogens is 1. The molecular weight excluding hydrogens is 497 g/mol. The number of carbonyl (C=O) groups excluding carboxylic acids is 2. The van der Waals surface area contributed by atoms with Crippen LogP contribution in [0.1, 0.15) is 90.3 Å². The van der Waals surface area contributed by atoms with Crippen LogP contribution < -0.4 is 0 Å². The molecule has 7 atom stereocenters. The fourth-order valence-corrected chi connectivity index (χ4v) is 5.84. The maximum atomic E-state index is 15.4. The Hall–Kier alpha value is -1.68. The van der Waals surface area contributed by atoms with E-state index in [1.807, 2.05) is 27.7 Å². The fraction of sp³-hybridized carbons (Fsp3) is 0.750. The van der Waals surface area contributed by atoms with Crippen molar-refractivity contribution in [2.45, 2.75) is 117 Å². The molecule has 2 fully saturated rings. The van der Waals surface area contributed by atoms with Gasteiger partial charge in [-0.3, -0.25) is 9.59 Å². The molecule has 0 radical (unpaired) electrons. The van der Waals surface area contributed by atoms with Gasteiger partial charge in [-0.25, -0.2) is 9.37 Å². The number of ether oxygens (including phenoxy) is 2. The summed E-state index contributed by atoms with van der Waals surface area (Å²) in [6.07, 6.45) is 0.650. The molecule has 9 heteroatoms. The van der Waals surface area contributed by atoms with Crippen molar-refractivity contribution in [2.24, 2.45) is 17.3 Å². The Morgan fingerprint density at radius 1 is 1.30 bits per heavy atom. The van der Waals surface area contributed by atoms with Gasteiger partial charge in [0.15, 0.2) is 6.10 Å². The van der Waals surface area contributed by atoms with E-state index in [0.717, 1.165) is 11.4 Å². The van der Waals surface area contributed by atoms with Crippen LogP contribution in [0.25, 0.3) is 6.08 Å².